The number of nitrogens with zero attached hydrogens (tertiary/aromatic N) is 3. The van der Waals surface area contributed by atoms with Crippen LogP contribution in [0.2, 0.25) is 5.02 Å². The number of nitrogen functional groups attached to an aromatic ring is 1. The number of benzene rings is 1. The Hall–Kier alpha value is -2.02. The van der Waals surface area contributed by atoms with Crippen LogP contribution in [0.15, 0.2) is 29.5 Å². The lowest BCUT2D eigenvalue weighted by Crippen LogP contribution is -2.09. The zero-order chi connectivity index (χ0) is 14.9. The standard InChI is InChI=1S/C12H10ClF3N4/c1-7-6-20(11(17)19-7)18-5-8-2-3-9(13)4-10(8)12(14,15)16/h2-6H,1H3,(H2,17,19). The van der Waals surface area contributed by atoms with Crippen LogP contribution in [-0.4, -0.2) is 15.9 Å². The van der Waals surface area contributed by atoms with E-state index < -0.39 is 11.7 Å². The molecule has 2 aromatic rings. The second-order valence-electron chi connectivity index (χ2n) is 4.06. The molecule has 0 bridgehead atoms. The van der Waals surface area contributed by atoms with Crippen molar-refractivity contribution < 1.29 is 13.2 Å². The lowest BCUT2D eigenvalue weighted by Gasteiger charge is -2.10. The first kappa shape index (κ1) is 14.4. The molecule has 0 unspecified atom stereocenters. The van der Waals surface area contributed by atoms with Gasteiger partial charge in [-0.2, -0.15) is 18.3 Å². The van der Waals surface area contributed by atoms with Crippen molar-refractivity contribution >= 4 is 23.8 Å². The fourth-order valence-electron chi connectivity index (χ4n) is 1.61. The van der Waals surface area contributed by atoms with Gasteiger partial charge in [0.05, 0.1) is 23.7 Å². The van der Waals surface area contributed by atoms with E-state index in [2.05, 4.69) is 10.1 Å². The molecular formula is C12H10ClF3N4. The zero-order valence-electron chi connectivity index (χ0n) is 10.3. The van der Waals surface area contributed by atoms with Crippen LogP contribution >= 0.6 is 11.6 Å². The Morgan fingerprint density at radius 3 is 2.65 bits per heavy atom. The molecule has 0 amide bonds. The van der Waals surface area contributed by atoms with E-state index in [1.54, 1.807) is 6.92 Å². The first-order chi connectivity index (χ1) is 9.27. The molecule has 20 heavy (non-hydrogen) atoms. The van der Waals surface area contributed by atoms with Gasteiger partial charge in [0.2, 0.25) is 5.95 Å². The molecule has 1 aromatic carbocycles. The van der Waals surface area contributed by atoms with Gasteiger partial charge in [-0.25, -0.2) is 9.66 Å². The Morgan fingerprint density at radius 2 is 2.10 bits per heavy atom. The van der Waals surface area contributed by atoms with Gasteiger partial charge in [0, 0.05) is 10.6 Å². The predicted octanol–water partition coefficient (Wildman–Crippen LogP) is 3.33. The number of aromatic nitrogens is 2. The molecule has 106 valence electrons. The van der Waals surface area contributed by atoms with Gasteiger partial charge in [-0.15, -0.1) is 0 Å². The molecule has 2 rings (SSSR count). The third-order valence-corrected chi connectivity index (χ3v) is 2.71. The van der Waals surface area contributed by atoms with Gasteiger partial charge < -0.3 is 5.73 Å². The number of imidazole rings is 1. The summed E-state index contributed by atoms with van der Waals surface area (Å²) in [4.78, 5) is 3.89. The normalized spacial score (nSPS) is 12.2. The van der Waals surface area contributed by atoms with Crippen LogP contribution < -0.4 is 5.73 Å². The molecule has 0 fully saturated rings. The van der Waals surface area contributed by atoms with Crippen molar-refractivity contribution in [1.29, 1.82) is 0 Å². The van der Waals surface area contributed by atoms with E-state index in [0.29, 0.717) is 5.69 Å². The lowest BCUT2D eigenvalue weighted by molar-refractivity contribution is -0.137. The number of rotatable bonds is 2. The quantitative estimate of drug-likeness (QED) is 0.865. The van der Waals surface area contributed by atoms with Crippen molar-refractivity contribution in [1.82, 2.24) is 9.66 Å². The molecule has 4 nitrogen and oxygen atoms in total. The Kier molecular flexibility index (Phi) is 3.71. The third-order valence-electron chi connectivity index (χ3n) is 2.48. The molecule has 0 saturated heterocycles. The minimum Gasteiger partial charge on any atom is -0.368 e. The number of alkyl halides is 3. The van der Waals surface area contributed by atoms with Crippen molar-refractivity contribution in [3.63, 3.8) is 0 Å². The van der Waals surface area contributed by atoms with E-state index in [1.165, 1.54) is 23.0 Å². The summed E-state index contributed by atoms with van der Waals surface area (Å²) in [7, 11) is 0. The van der Waals surface area contributed by atoms with Gasteiger partial charge in [-0.05, 0) is 19.1 Å². The number of hydrogen-bond acceptors (Lipinski definition) is 3. The fourth-order valence-corrected chi connectivity index (χ4v) is 1.78. The highest BCUT2D eigenvalue weighted by molar-refractivity contribution is 6.30. The van der Waals surface area contributed by atoms with Crippen molar-refractivity contribution in [3.8, 4) is 0 Å². The number of aryl methyl sites for hydroxylation is 1. The summed E-state index contributed by atoms with van der Waals surface area (Å²) >= 11 is 5.59. The topological polar surface area (TPSA) is 56.2 Å². The molecule has 1 heterocycles. The van der Waals surface area contributed by atoms with Crippen molar-refractivity contribution in [2.75, 3.05) is 5.73 Å². The van der Waals surface area contributed by atoms with Crippen LogP contribution in [0.25, 0.3) is 0 Å². The maximum absolute atomic E-state index is 12.9. The largest absolute Gasteiger partial charge is 0.417 e. The predicted molar refractivity (Wildman–Crippen MR) is 70.8 cm³/mol. The maximum atomic E-state index is 12.9. The summed E-state index contributed by atoms with van der Waals surface area (Å²) in [5, 5.41) is 3.87. The molecular weight excluding hydrogens is 293 g/mol. The van der Waals surface area contributed by atoms with Crippen molar-refractivity contribution in [2.24, 2.45) is 5.10 Å². The van der Waals surface area contributed by atoms with Crippen molar-refractivity contribution in [2.45, 2.75) is 13.1 Å². The summed E-state index contributed by atoms with van der Waals surface area (Å²) in [5.41, 5.74) is 5.20. The van der Waals surface area contributed by atoms with Gasteiger partial charge in [0.1, 0.15) is 0 Å². The lowest BCUT2D eigenvalue weighted by atomic mass is 10.1. The summed E-state index contributed by atoms with van der Waals surface area (Å²) in [6.07, 6.45) is -1.94. The van der Waals surface area contributed by atoms with E-state index in [0.717, 1.165) is 12.3 Å². The van der Waals surface area contributed by atoms with Crippen LogP contribution in [-0.2, 0) is 6.18 Å². The van der Waals surface area contributed by atoms with Crippen LogP contribution in [0.3, 0.4) is 0 Å². The van der Waals surface area contributed by atoms with E-state index >= 15 is 0 Å². The van der Waals surface area contributed by atoms with E-state index in [1.807, 2.05) is 0 Å². The molecule has 0 atom stereocenters. The summed E-state index contributed by atoms with van der Waals surface area (Å²) < 4.78 is 39.8. The van der Waals surface area contributed by atoms with Gasteiger partial charge in [-0.3, -0.25) is 0 Å². The van der Waals surface area contributed by atoms with Crippen LogP contribution in [0.4, 0.5) is 19.1 Å². The molecule has 0 aliphatic heterocycles. The summed E-state index contributed by atoms with van der Waals surface area (Å²) in [6.45, 7) is 1.70. The fraction of sp³-hybridized carbons (Fsp3) is 0.167. The molecule has 0 aliphatic carbocycles. The Labute approximate surface area is 117 Å². The first-order valence-corrected chi connectivity index (χ1v) is 5.88. The second kappa shape index (κ2) is 5.16. The second-order valence-corrected chi connectivity index (χ2v) is 4.50. The molecule has 0 aliphatic rings. The number of anilines is 1. The maximum Gasteiger partial charge on any atom is 0.417 e. The van der Waals surface area contributed by atoms with Gasteiger partial charge in [-0.1, -0.05) is 17.7 Å². The Bertz CT molecular complexity index is 661. The molecule has 0 spiro atoms. The zero-order valence-corrected chi connectivity index (χ0v) is 11.1. The SMILES string of the molecule is Cc1cn(N=Cc2ccc(Cl)cc2C(F)(F)F)c(N)n1. The van der Waals surface area contributed by atoms with Gasteiger partial charge in [0.25, 0.3) is 0 Å². The van der Waals surface area contributed by atoms with E-state index in [9.17, 15) is 13.2 Å². The minimum absolute atomic E-state index is 0.00691. The van der Waals surface area contributed by atoms with Crippen LogP contribution in [0.5, 0.6) is 0 Å². The number of hydrogen-bond donors (Lipinski definition) is 1. The van der Waals surface area contributed by atoms with Crippen molar-refractivity contribution in [3.05, 3.63) is 46.2 Å². The Morgan fingerprint density at radius 1 is 1.40 bits per heavy atom. The number of nitrogens with two attached hydrogens (primary N) is 1. The highest BCUT2D eigenvalue weighted by atomic mass is 35.5. The minimum atomic E-state index is -4.51. The van der Waals surface area contributed by atoms with Gasteiger partial charge >= 0.3 is 6.18 Å². The van der Waals surface area contributed by atoms with E-state index in [4.69, 9.17) is 17.3 Å². The smallest absolute Gasteiger partial charge is 0.368 e. The highest BCUT2D eigenvalue weighted by Crippen LogP contribution is 2.33. The average Bonchev–Trinajstić information content (AvgIpc) is 2.65. The van der Waals surface area contributed by atoms with Crippen LogP contribution in [0.1, 0.15) is 16.8 Å². The number of halogens is 4. The first-order valence-electron chi connectivity index (χ1n) is 5.50. The molecule has 1 aromatic heterocycles. The highest BCUT2D eigenvalue weighted by Gasteiger charge is 2.33. The van der Waals surface area contributed by atoms with E-state index in [-0.39, 0.29) is 16.5 Å². The van der Waals surface area contributed by atoms with Crippen LogP contribution in [0, 0.1) is 6.92 Å². The van der Waals surface area contributed by atoms with Gasteiger partial charge in [0.15, 0.2) is 0 Å². The molecule has 0 saturated carbocycles. The Balaban J connectivity index is 2.41. The molecule has 8 heteroatoms. The average molecular weight is 303 g/mol. The monoisotopic (exact) mass is 302 g/mol. The third kappa shape index (κ3) is 3.11. The molecule has 2 N–H and O–H groups in total. The summed E-state index contributed by atoms with van der Waals surface area (Å²) in [6, 6.07) is 3.46. The summed E-state index contributed by atoms with van der Waals surface area (Å²) in [5.74, 6) is 0.0984. The molecule has 0 radical (unpaired) electrons.